The van der Waals surface area contributed by atoms with Crippen LogP contribution in [0.2, 0.25) is 0 Å². The lowest BCUT2D eigenvalue weighted by Crippen LogP contribution is -2.28. The lowest BCUT2D eigenvalue weighted by atomic mass is 10.3. The van der Waals surface area contributed by atoms with Crippen molar-refractivity contribution in [3.05, 3.63) is 65.0 Å². The molecule has 0 aliphatic heterocycles. The summed E-state index contributed by atoms with van der Waals surface area (Å²) in [6.45, 7) is -1.03. The second-order valence-electron chi connectivity index (χ2n) is 6.66. The maximum absolute atomic E-state index is 12.4. The quantitative estimate of drug-likeness (QED) is 0.429. The van der Waals surface area contributed by atoms with Gasteiger partial charge in [0.2, 0.25) is 0 Å². The standard InChI is InChI=1S/C20H16N8O4/c1-26-19-15(9-23-26)20(31)27(12-22-19)10-17(30)32-11-16(29)25-18-13(7-21)8-24-28(18)14-5-3-2-4-6-14/h2-6,8-9,12H,10-11H2,1H3,(H,25,29). The summed E-state index contributed by atoms with van der Waals surface area (Å²) >= 11 is 0. The molecule has 32 heavy (non-hydrogen) atoms. The summed E-state index contributed by atoms with van der Waals surface area (Å²) in [6.07, 6.45) is 3.90. The number of nitriles is 1. The molecule has 0 atom stereocenters. The average Bonchev–Trinajstić information content (AvgIpc) is 3.38. The Morgan fingerprint density at radius 2 is 1.97 bits per heavy atom. The van der Waals surface area contributed by atoms with E-state index in [2.05, 4.69) is 20.5 Å². The van der Waals surface area contributed by atoms with Crippen molar-refractivity contribution < 1.29 is 14.3 Å². The van der Waals surface area contributed by atoms with Crippen molar-refractivity contribution in [3.8, 4) is 11.8 Å². The molecule has 3 aromatic heterocycles. The van der Waals surface area contributed by atoms with Crippen LogP contribution in [0.1, 0.15) is 5.56 Å². The minimum absolute atomic E-state index is 0.149. The van der Waals surface area contributed by atoms with Gasteiger partial charge in [0.1, 0.15) is 29.9 Å². The lowest BCUT2D eigenvalue weighted by Gasteiger charge is -2.10. The Kier molecular flexibility index (Phi) is 5.45. The number of rotatable bonds is 6. The van der Waals surface area contributed by atoms with Gasteiger partial charge in [-0.2, -0.15) is 15.5 Å². The smallest absolute Gasteiger partial charge is 0.326 e. The minimum Gasteiger partial charge on any atom is -0.454 e. The molecule has 1 aromatic carbocycles. The van der Waals surface area contributed by atoms with Crippen LogP contribution in [0.4, 0.5) is 5.82 Å². The van der Waals surface area contributed by atoms with E-state index >= 15 is 0 Å². The Hall–Kier alpha value is -4.79. The van der Waals surface area contributed by atoms with E-state index in [4.69, 9.17) is 4.74 Å². The Labute approximate surface area is 180 Å². The highest BCUT2D eigenvalue weighted by molar-refractivity contribution is 5.93. The van der Waals surface area contributed by atoms with Crippen LogP contribution in [-0.2, 0) is 27.9 Å². The lowest BCUT2D eigenvalue weighted by molar-refractivity contribution is -0.147. The first-order chi connectivity index (χ1) is 15.5. The fourth-order valence-electron chi connectivity index (χ4n) is 2.99. The highest BCUT2D eigenvalue weighted by Gasteiger charge is 2.17. The number of aromatic nitrogens is 6. The molecule has 0 saturated carbocycles. The van der Waals surface area contributed by atoms with E-state index < -0.39 is 30.6 Å². The van der Waals surface area contributed by atoms with Crippen LogP contribution in [0, 0.1) is 11.3 Å². The first kappa shape index (κ1) is 20.5. The van der Waals surface area contributed by atoms with Crippen LogP contribution in [0.15, 0.2) is 53.8 Å². The van der Waals surface area contributed by atoms with Gasteiger partial charge in [-0.3, -0.25) is 23.6 Å². The number of esters is 1. The number of hydrogen-bond donors (Lipinski definition) is 1. The highest BCUT2D eigenvalue weighted by atomic mass is 16.5. The minimum atomic E-state index is -0.802. The molecule has 0 radical (unpaired) electrons. The largest absolute Gasteiger partial charge is 0.454 e. The zero-order chi connectivity index (χ0) is 22.7. The predicted molar refractivity (Wildman–Crippen MR) is 111 cm³/mol. The number of ether oxygens (including phenoxy) is 1. The van der Waals surface area contributed by atoms with Gasteiger partial charge in [0.05, 0.1) is 18.1 Å². The highest BCUT2D eigenvalue weighted by Crippen LogP contribution is 2.19. The van der Waals surface area contributed by atoms with Crippen molar-refractivity contribution in [1.29, 1.82) is 5.26 Å². The van der Waals surface area contributed by atoms with Crippen LogP contribution in [0.5, 0.6) is 0 Å². The summed E-state index contributed by atoms with van der Waals surface area (Å²) in [5, 5.41) is 20.2. The SMILES string of the molecule is Cn1ncc2c(=O)n(CC(=O)OCC(=O)Nc3c(C#N)cnn3-c3ccccc3)cnc21. The maximum atomic E-state index is 12.4. The number of amides is 1. The summed E-state index contributed by atoms with van der Waals surface area (Å²) in [6, 6.07) is 10.9. The fourth-order valence-corrected chi connectivity index (χ4v) is 2.99. The Bertz CT molecular complexity index is 1410. The summed E-state index contributed by atoms with van der Waals surface area (Å²) in [4.78, 5) is 41.0. The molecular weight excluding hydrogens is 416 g/mol. The molecule has 4 aromatic rings. The van der Waals surface area contributed by atoms with Gasteiger partial charge in [-0.15, -0.1) is 0 Å². The number of carbonyl (C=O) groups excluding carboxylic acids is 2. The molecule has 0 unspecified atom stereocenters. The topological polar surface area (TPSA) is 150 Å². The third-order valence-electron chi connectivity index (χ3n) is 4.53. The number of fused-ring (bicyclic) bond motifs is 1. The second kappa shape index (κ2) is 8.52. The number of benzene rings is 1. The first-order valence-corrected chi connectivity index (χ1v) is 9.34. The second-order valence-corrected chi connectivity index (χ2v) is 6.66. The van der Waals surface area contributed by atoms with E-state index in [1.54, 1.807) is 31.3 Å². The van der Waals surface area contributed by atoms with Gasteiger partial charge in [-0.05, 0) is 12.1 Å². The van der Waals surface area contributed by atoms with Crippen LogP contribution >= 0.6 is 0 Å². The van der Waals surface area contributed by atoms with Gasteiger partial charge < -0.3 is 10.1 Å². The molecule has 160 valence electrons. The Morgan fingerprint density at radius 1 is 1.19 bits per heavy atom. The summed E-state index contributed by atoms with van der Waals surface area (Å²) in [5.41, 5.74) is 0.729. The van der Waals surface area contributed by atoms with Crippen LogP contribution in [0.3, 0.4) is 0 Å². The van der Waals surface area contributed by atoms with Crippen LogP contribution < -0.4 is 10.9 Å². The van der Waals surface area contributed by atoms with Crippen LogP contribution in [-0.4, -0.2) is 47.6 Å². The predicted octanol–water partition coefficient (Wildman–Crippen LogP) is 0.369. The summed E-state index contributed by atoms with van der Waals surface area (Å²) < 4.78 is 8.89. The van der Waals surface area contributed by atoms with Crippen molar-refractivity contribution in [2.24, 2.45) is 7.05 Å². The third-order valence-corrected chi connectivity index (χ3v) is 4.53. The van der Waals surface area contributed by atoms with Gasteiger partial charge in [-0.25, -0.2) is 9.67 Å². The molecule has 0 bridgehead atoms. The molecule has 0 aliphatic rings. The number of anilines is 1. The van der Waals surface area contributed by atoms with Crippen molar-refractivity contribution in [2.75, 3.05) is 11.9 Å². The maximum Gasteiger partial charge on any atom is 0.326 e. The molecule has 1 N–H and O–H groups in total. The monoisotopic (exact) mass is 432 g/mol. The molecule has 3 heterocycles. The number of hydrogen-bond acceptors (Lipinski definition) is 8. The Morgan fingerprint density at radius 3 is 2.72 bits per heavy atom. The van der Waals surface area contributed by atoms with Crippen molar-refractivity contribution >= 4 is 28.7 Å². The molecular formula is C20H16N8O4. The molecule has 12 heteroatoms. The molecule has 0 spiro atoms. The summed E-state index contributed by atoms with van der Waals surface area (Å²) in [7, 11) is 1.65. The first-order valence-electron chi connectivity index (χ1n) is 9.34. The van der Waals surface area contributed by atoms with Crippen LogP contribution in [0.25, 0.3) is 16.7 Å². The van der Waals surface area contributed by atoms with Gasteiger partial charge >= 0.3 is 5.97 Å². The van der Waals surface area contributed by atoms with E-state index in [1.807, 2.05) is 12.1 Å². The molecule has 12 nitrogen and oxygen atoms in total. The molecule has 0 aliphatic carbocycles. The number of nitrogens with one attached hydrogen (secondary N) is 1. The molecule has 0 saturated heterocycles. The fraction of sp³-hybridized carbons (Fsp3) is 0.150. The molecule has 1 amide bonds. The average molecular weight is 432 g/mol. The number of para-hydroxylation sites is 1. The van der Waals surface area contributed by atoms with E-state index in [1.165, 1.54) is 28.1 Å². The normalized spacial score (nSPS) is 10.6. The zero-order valence-electron chi connectivity index (χ0n) is 16.8. The number of nitrogens with zero attached hydrogens (tertiary/aromatic N) is 7. The van der Waals surface area contributed by atoms with Crippen molar-refractivity contribution in [3.63, 3.8) is 0 Å². The number of aryl methyl sites for hydroxylation is 1. The molecule has 4 rings (SSSR count). The Balaban J connectivity index is 1.41. The van der Waals surface area contributed by atoms with E-state index in [-0.39, 0.29) is 16.8 Å². The third kappa shape index (κ3) is 3.94. The van der Waals surface area contributed by atoms with Gasteiger partial charge in [-0.1, -0.05) is 18.2 Å². The zero-order valence-corrected chi connectivity index (χ0v) is 16.8. The van der Waals surface area contributed by atoms with Crippen molar-refractivity contribution in [1.82, 2.24) is 29.1 Å². The molecule has 0 fully saturated rings. The van der Waals surface area contributed by atoms with Gasteiger partial charge in [0, 0.05) is 7.05 Å². The van der Waals surface area contributed by atoms with Crippen molar-refractivity contribution in [2.45, 2.75) is 6.54 Å². The number of carbonyl (C=O) groups is 2. The van der Waals surface area contributed by atoms with E-state index in [0.717, 1.165) is 4.57 Å². The van der Waals surface area contributed by atoms with Gasteiger partial charge in [0.15, 0.2) is 18.1 Å². The van der Waals surface area contributed by atoms with E-state index in [9.17, 15) is 19.6 Å². The van der Waals surface area contributed by atoms with E-state index in [0.29, 0.717) is 11.3 Å². The van der Waals surface area contributed by atoms with Gasteiger partial charge in [0.25, 0.3) is 11.5 Å². The summed E-state index contributed by atoms with van der Waals surface area (Å²) in [5.74, 6) is -1.31.